The number of benzene rings is 1. The molecule has 8 heteroatoms. The van der Waals surface area contributed by atoms with Crippen molar-refractivity contribution in [1.82, 2.24) is 10.3 Å². The van der Waals surface area contributed by atoms with Gasteiger partial charge < -0.3 is 10.0 Å². The van der Waals surface area contributed by atoms with Crippen molar-refractivity contribution in [3.05, 3.63) is 29.8 Å². The normalized spacial score (nSPS) is 14.5. The van der Waals surface area contributed by atoms with E-state index in [9.17, 15) is 19.2 Å². The monoisotopic (exact) mass is 333 g/mol. The third-order valence-corrected chi connectivity index (χ3v) is 3.61. The number of carbonyl (C=O) groups excluding carboxylic acids is 3. The predicted octanol–water partition coefficient (Wildman–Crippen LogP) is 0.780. The molecule has 8 nitrogen and oxygen atoms in total. The van der Waals surface area contributed by atoms with Crippen LogP contribution >= 0.6 is 0 Å². The van der Waals surface area contributed by atoms with Crippen LogP contribution < -0.4 is 10.4 Å². The molecule has 0 aromatic heterocycles. The van der Waals surface area contributed by atoms with E-state index in [4.69, 9.17) is 5.11 Å². The molecule has 0 aliphatic carbocycles. The summed E-state index contributed by atoms with van der Waals surface area (Å²) in [5.74, 6) is -1.98. The van der Waals surface area contributed by atoms with Crippen molar-refractivity contribution in [2.75, 3.05) is 11.6 Å². The lowest BCUT2D eigenvalue weighted by atomic mass is 10.1. The zero-order valence-electron chi connectivity index (χ0n) is 13.5. The molecule has 1 aromatic carbocycles. The molecular formula is C16H19N3O5. The zero-order chi connectivity index (χ0) is 17.9. The van der Waals surface area contributed by atoms with E-state index in [-0.39, 0.29) is 37.2 Å². The maximum atomic E-state index is 12.4. The summed E-state index contributed by atoms with van der Waals surface area (Å²) in [4.78, 5) is 47.8. The second-order valence-corrected chi connectivity index (χ2v) is 5.73. The third kappa shape index (κ3) is 3.89. The molecule has 2 rings (SSSR count). The molecule has 128 valence electrons. The summed E-state index contributed by atoms with van der Waals surface area (Å²) < 4.78 is 0. The summed E-state index contributed by atoms with van der Waals surface area (Å²) in [6, 6.07) is 5.81. The minimum atomic E-state index is -1.09. The van der Waals surface area contributed by atoms with Gasteiger partial charge in [-0.3, -0.25) is 24.6 Å². The van der Waals surface area contributed by atoms with Gasteiger partial charge in [-0.15, -0.1) is 0 Å². The number of nitrogens with zero attached hydrogens (tertiary/aromatic N) is 2. The maximum absolute atomic E-state index is 12.4. The summed E-state index contributed by atoms with van der Waals surface area (Å²) in [6.45, 7) is 3.08. The van der Waals surface area contributed by atoms with Crippen LogP contribution in [0.5, 0.6) is 0 Å². The Hall–Kier alpha value is -2.90. The van der Waals surface area contributed by atoms with Gasteiger partial charge in [-0.2, -0.15) is 0 Å². The molecule has 0 unspecified atom stereocenters. The van der Waals surface area contributed by atoms with Crippen molar-refractivity contribution in [2.45, 2.75) is 32.7 Å². The molecule has 1 heterocycles. The molecule has 0 radical (unpaired) electrons. The average Bonchev–Trinajstić information content (AvgIpc) is 2.54. The standard InChI is InChI=1S/C16H19N3O5/c1-10(2)18(9-15(22)23)16(24)11-3-5-12(6-4-11)19-14(21)8-7-13(20)17-19/h3-6,10H,7-9H2,1-2H3,(H,17,20)(H,22,23). The third-order valence-electron chi connectivity index (χ3n) is 3.61. The largest absolute Gasteiger partial charge is 0.480 e. The lowest BCUT2D eigenvalue weighted by molar-refractivity contribution is -0.138. The van der Waals surface area contributed by atoms with Crippen molar-refractivity contribution < 1.29 is 24.3 Å². The van der Waals surface area contributed by atoms with Gasteiger partial charge >= 0.3 is 5.97 Å². The number of hydrazine groups is 1. The van der Waals surface area contributed by atoms with Gasteiger partial charge in [0.25, 0.3) is 5.91 Å². The highest BCUT2D eigenvalue weighted by Crippen LogP contribution is 2.19. The Balaban J connectivity index is 2.18. The number of carbonyl (C=O) groups is 4. The van der Waals surface area contributed by atoms with Crippen LogP contribution in [0.1, 0.15) is 37.0 Å². The average molecular weight is 333 g/mol. The van der Waals surface area contributed by atoms with Crippen molar-refractivity contribution in [2.24, 2.45) is 0 Å². The van der Waals surface area contributed by atoms with E-state index >= 15 is 0 Å². The van der Waals surface area contributed by atoms with Crippen molar-refractivity contribution in [3.8, 4) is 0 Å². The van der Waals surface area contributed by atoms with Crippen LogP contribution in [0.15, 0.2) is 24.3 Å². The van der Waals surface area contributed by atoms with E-state index in [0.29, 0.717) is 11.3 Å². The minimum absolute atomic E-state index is 0.131. The van der Waals surface area contributed by atoms with Gasteiger partial charge in [-0.1, -0.05) is 0 Å². The number of hydrogen-bond donors (Lipinski definition) is 2. The van der Waals surface area contributed by atoms with Gasteiger partial charge in [0.2, 0.25) is 11.8 Å². The molecule has 1 aliphatic heterocycles. The molecule has 1 aliphatic rings. The smallest absolute Gasteiger partial charge is 0.323 e. The van der Waals surface area contributed by atoms with Crippen molar-refractivity contribution in [1.29, 1.82) is 0 Å². The first-order chi connectivity index (χ1) is 11.3. The van der Waals surface area contributed by atoms with Gasteiger partial charge in [-0.05, 0) is 38.1 Å². The molecule has 3 amide bonds. The fourth-order valence-corrected chi connectivity index (χ4v) is 2.34. The summed E-state index contributed by atoms with van der Waals surface area (Å²) in [7, 11) is 0. The Morgan fingerprint density at radius 1 is 1.21 bits per heavy atom. The van der Waals surface area contributed by atoms with E-state index in [1.165, 1.54) is 29.2 Å². The van der Waals surface area contributed by atoms with Crippen molar-refractivity contribution in [3.63, 3.8) is 0 Å². The van der Waals surface area contributed by atoms with Gasteiger partial charge in [0, 0.05) is 24.4 Å². The second-order valence-electron chi connectivity index (χ2n) is 5.73. The van der Waals surface area contributed by atoms with E-state index in [2.05, 4.69) is 5.43 Å². The fourth-order valence-electron chi connectivity index (χ4n) is 2.34. The predicted molar refractivity (Wildman–Crippen MR) is 85.1 cm³/mol. The lowest BCUT2D eigenvalue weighted by Gasteiger charge is -2.28. The molecule has 0 spiro atoms. The summed E-state index contributed by atoms with van der Waals surface area (Å²) in [5, 5.41) is 10.1. The molecule has 0 saturated carbocycles. The number of carboxylic acid groups (broad SMARTS) is 1. The highest BCUT2D eigenvalue weighted by molar-refractivity contribution is 6.02. The number of rotatable bonds is 5. The van der Waals surface area contributed by atoms with Gasteiger partial charge in [0.15, 0.2) is 0 Å². The summed E-state index contributed by atoms with van der Waals surface area (Å²) in [5.41, 5.74) is 3.22. The fraction of sp³-hybridized carbons (Fsp3) is 0.375. The van der Waals surface area contributed by atoms with Gasteiger partial charge in [0.05, 0.1) is 5.69 Å². The van der Waals surface area contributed by atoms with Crippen molar-refractivity contribution >= 4 is 29.4 Å². The van der Waals surface area contributed by atoms with E-state index < -0.39 is 11.9 Å². The molecule has 0 atom stereocenters. The minimum Gasteiger partial charge on any atom is -0.480 e. The number of anilines is 1. The number of aliphatic carboxylic acids is 1. The topological polar surface area (TPSA) is 107 Å². The van der Waals surface area contributed by atoms with Crippen LogP contribution in [0.4, 0.5) is 5.69 Å². The Kier molecular flexibility index (Phi) is 5.18. The highest BCUT2D eigenvalue weighted by atomic mass is 16.4. The molecule has 1 aromatic rings. The first-order valence-corrected chi connectivity index (χ1v) is 7.55. The van der Waals surface area contributed by atoms with Gasteiger partial charge in [-0.25, -0.2) is 5.01 Å². The van der Waals surface area contributed by atoms with E-state index in [1.54, 1.807) is 13.8 Å². The van der Waals surface area contributed by atoms with Crippen LogP contribution in [0.3, 0.4) is 0 Å². The summed E-state index contributed by atoms with van der Waals surface area (Å²) in [6.07, 6.45) is 0.288. The molecule has 2 N–H and O–H groups in total. The van der Waals surface area contributed by atoms with Crippen LogP contribution in [0.2, 0.25) is 0 Å². The Bertz CT molecular complexity index is 669. The molecule has 1 fully saturated rings. The molecule has 24 heavy (non-hydrogen) atoms. The Morgan fingerprint density at radius 2 is 1.83 bits per heavy atom. The SMILES string of the molecule is CC(C)N(CC(=O)O)C(=O)c1ccc(N2NC(=O)CCC2=O)cc1. The van der Waals surface area contributed by atoms with Crippen LogP contribution in [0.25, 0.3) is 0 Å². The first-order valence-electron chi connectivity index (χ1n) is 7.55. The molecular weight excluding hydrogens is 314 g/mol. The molecule has 1 saturated heterocycles. The Labute approximate surface area is 139 Å². The van der Waals surface area contributed by atoms with Crippen LogP contribution in [-0.4, -0.2) is 46.3 Å². The number of nitrogens with one attached hydrogen (secondary N) is 1. The number of carboxylic acids is 1. The first kappa shape index (κ1) is 17.5. The zero-order valence-corrected chi connectivity index (χ0v) is 13.5. The van der Waals surface area contributed by atoms with Crippen LogP contribution in [-0.2, 0) is 14.4 Å². The quantitative estimate of drug-likeness (QED) is 0.828. The Morgan fingerprint density at radius 3 is 2.38 bits per heavy atom. The maximum Gasteiger partial charge on any atom is 0.323 e. The van der Waals surface area contributed by atoms with Gasteiger partial charge in [0.1, 0.15) is 6.54 Å². The van der Waals surface area contributed by atoms with E-state index in [1.807, 2.05) is 0 Å². The molecule has 0 bridgehead atoms. The second kappa shape index (κ2) is 7.12. The van der Waals surface area contributed by atoms with E-state index in [0.717, 1.165) is 5.01 Å². The number of amides is 3. The summed E-state index contributed by atoms with van der Waals surface area (Å²) >= 11 is 0. The number of hydrogen-bond acceptors (Lipinski definition) is 4. The highest BCUT2D eigenvalue weighted by Gasteiger charge is 2.25. The lowest BCUT2D eigenvalue weighted by Crippen LogP contribution is -2.50. The van der Waals surface area contributed by atoms with Crippen LogP contribution in [0, 0.1) is 0 Å².